The predicted molar refractivity (Wildman–Crippen MR) is 376 cm³/mol. The Morgan fingerprint density at radius 1 is 0.226 bits per heavy atom. The van der Waals surface area contributed by atoms with E-state index in [-0.39, 0.29) is 20.1 Å². The molecule has 6 heteroatoms. The first-order valence-corrected chi connectivity index (χ1v) is 30.8. The van der Waals surface area contributed by atoms with E-state index in [0.717, 1.165) is 178 Å². The minimum atomic E-state index is 0. The minimum absolute atomic E-state index is 0. The van der Waals surface area contributed by atoms with Gasteiger partial charge in [-0.2, -0.15) is 0 Å². The zero-order chi connectivity index (χ0) is 60.9. The van der Waals surface area contributed by atoms with E-state index in [2.05, 4.69) is 255 Å². The van der Waals surface area contributed by atoms with Crippen molar-refractivity contribution in [2.24, 2.45) is 0 Å². The number of hydrogen-bond donors (Lipinski definition) is 0. The smallest absolute Gasteiger partial charge is 0.456 e. The fourth-order valence-corrected chi connectivity index (χ4v) is 13.2. The van der Waals surface area contributed by atoms with Gasteiger partial charge in [0.2, 0.25) is 0 Å². The fraction of sp³-hybridized carbons (Fsp3) is 0. The summed E-state index contributed by atoms with van der Waals surface area (Å²) in [6.45, 7) is 0. The van der Waals surface area contributed by atoms with Gasteiger partial charge in [0.15, 0.2) is 0 Å². The van der Waals surface area contributed by atoms with Gasteiger partial charge in [0.1, 0.15) is 22.3 Å². The second-order valence-electron chi connectivity index (χ2n) is 23.1. The molecule has 0 aliphatic heterocycles. The summed E-state index contributed by atoms with van der Waals surface area (Å²) < 4.78 is 12.6. The molecule has 436 valence electrons. The molecule has 0 bridgehead atoms. The number of hydrogen-bond acceptors (Lipinski definition) is 5. The summed E-state index contributed by atoms with van der Waals surface area (Å²) in [4.78, 5) is 15.4. The molecular weight excluding hydrogens is 1310 g/mol. The summed E-state index contributed by atoms with van der Waals surface area (Å²) in [7, 11) is 0. The van der Waals surface area contributed by atoms with Crippen LogP contribution in [0.25, 0.3) is 178 Å². The summed E-state index contributed by atoms with van der Waals surface area (Å²) in [5, 5.41) is 4.39. The molecule has 0 N–H and O–H groups in total. The third-order valence-electron chi connectivity index (χ3n) is 17.6. The second kappa shape index (κ2) is 24.3. The maximum atomic E-state index is 6.28. The number of para-hydroxylation sites is 2. The molecule has 5 heterocycles. The quantitative estimate of drug-likeness (QED) is 0.114. The standard InChI is InChI=1S/C87H52N3O2.Ir/c1-2-19-56(20-3-1)57-21-14-24-60(47-57)79-44-41-63(53-88-79)69-27-4-7-30-72(69)66-50-67(73-31-8-5-28-70(73)64-42-45-80(89-54-64)61-25-15-22-58(48-61)75-35-17-39-84-86(75)77-33-10-12-37-82(77)91-84)52-68(51-66)74-32-9-6-29-71(74)65-43-46-81(90-55-65)62-26-16-23-59(49-62)76-36-18-40-85-87(76)78-34-11-13-38-83(78)92-85;/h1-23,27-55H;/q-3;+3. The maximum Gasteiger partial charge on any atom is 3.00 e. The van der Waals surface area contributed by atoms with Crippen molar-refractivity contribution in [2.75, 3.05) is 0 Å². The first-order chi connectivity index (χ1) is 45.6. The maximum absolute atomic E-state index is 6.28. The number of benzene rings is 12. The summed E-state index contributed by atoms with van der Waals surface area (Å²) in [5.41, 5.74) is 28.1. The van der Waals surface area contributed by atoms with Gasteiger partial charge in [-0.25, -0.2) is 0 Å². The van der Waals surface area contributed by atoms with E-state index in [4.69, 9.17) is 23.8 Å². The van der Waals surface area contributed by atoms with Gasteiger partial charge in [-0.15, -0.1) is 106 Å². The van der Waals surface area contributed by atoms with Crippen LogP contribution in [-0.4, -0.2) is 15.0 Å². The number of fused-ring (bicyclic) bond motifs is 6. The van der Waals surface area contributed by atoms with Gasteiger partial charge in [-0.3, -0.25) is 0 Å². The number of pyridine rings is 3. The second-order valence-corrected chi connectivity index (χ2v) is 23.1. The Morgan fingerprint density at radius 3 is 0.935 bits per heavy atom. The molecule has 0 saturated heterocycles. The van der Waals surface area contributed by atoms with Gasteiger partial charge >= 0.3 is 20.1 Å². The molecule has 0 aliphatic rings. The van der Waals surface area contributed by atoms with Crippen molar-refractivity contribution in [2.45, 2.75) is 0 Å². The van der Waals surface area contributed by atoms with E-state index in [0.29, 0.717) is 0 Å². The Bertz CT molecular complexity index is 5370. The van der Waals surface area contributed by atoms with Crippen LogP contribution in [0.15, 0.2) is 325 Å². The van der Waals surface area contributed by atoms with Gasteiger partial charge in [-0.1, -0.05) is 200 Å². The van der Waals surface area contributed by atoms with Crippen molar-refractivity contribution in [3.05, 3.63) is 334 Å². The Kier molecular flexibility index (Phi) is 14.8. The third-order valence-corrected chi connectivity index (χ3v) is 17.6. The van der Waals surface area contributed by atoms with Crippen LogP contribution in [0.4, 0.5) is 0 Å². The molecule has 93 heavy (non-hydrogen) atoms. The van der Waals surface area contributed by atoms with E-state index >= 15 is 0 Å². The topological polar surface area (TPSA) is 65.0 Å². The van der Waals surface area contributed by atoms with Gasteiger partial charge < -0.3 is 23.8 Å². The zero-order valence-corrected chi connectivity index (χ0v) is 52.4. The zero-order valence-electron chi connectivity index (χ0n) is 50.0. The third kappa shape index (κ3) is 10.6. The Hall–Kier alpha value is -11.7. The van der Waals surface area contributed by atoms with Gasteiger partial charge in [0, 0.05) is 40.1 Å². The van der Waals surface area contributed by atoms with Crippen LogP contribution in [0.2, 0.25) is 0 Å². The van der Waals surface area contributed by atoms with Crippen LogP contribution in [-0.2, 0) is 20.1 Å². The monoisotopic (exact) mass is 1360 g/mol. The molecule has 0 unspecified atom stereocenters. The van der Waals surface area contributed by atoms with Crippen LogP contribution in [0, 0.1) is 18.2 Å². The van der Waals surface area contributed by atoms with Crippen molar-refractivity contribution in [1.82, 2.24) is 15.0 Å². The molecule has 0 atom stereocenters. The average molecular weight is 1360 g/mol. The number of furan rings is 2. The molecule has 17 rings (SSSR count). The van der Waals surface area contributed by atoms with Crippen molar-refractivity contribution >= 4 is 43.9 Å². The number of nitrogens with zero attached hydrogens (tertiary/aromatic N) is 3. The number of aromatic nitrogens is 3. The molecule has 5 nitrogen and oxygen atoms in total. The minimum Gasteiger partial charge on any atom is -0.456 e. The van der Waals surface area contributed by atoms with Crippen molar-refractivity contribution < 1.29 is 28.9 Å². The largest absolute Gasteiger partial charge is 3.00 e. The number of rotatable bonds is 12. The van der Waals surface area contributed by atoms with E-state index < -0.39 is 0 Å². The van der Waals surface area contributed by atoms with Crippen molar-refractivity contribution in [3.63, 3.8) is 0 Å². The van der Waals surface area contributed by atoms with E-state index in [1.54, 1.807) is 0 Å². The van der Waals surface area contributed by atoms with Crippen LogP contribution < -0.4 is 0 Å². The predicted octanol–water partition coefficient (Wildman–Crippen LogP) is 23.1. The van der Waals surface area contributed by atoms with Gasteiger partial charge in [0.05, 0.1) is 0 Å². The Labute approximate surface area is 552 Å². The molecule has 0 fully saturated rings. The normalized spacial score (nSPS) is 11.4. The van der Waals surface area contributed by atoms with E-state index in [9.17, 15) is 0 Å². The molecular formula is C87H52IrN3O2. The fourth-order valence-electron chi connectivity index (χ4n) is 13.2. The van der Waals surface area contributed by atoms with Crippen molar-refractivity contribution in [1.29, 1.82) is 0 Å². The van der Waals surface area contributed by atoms with E-state index in [1.165, 1.54) is 0 Å². The molecule has 0 radical (unpaired) electrons. The summed E-state index contributed by atoms with van der Waals surface area (Å²) in [5.74, 6) is 0. The van der Waals surface area contributed by atoms with Crippen LogP contribution in [0.3, 0.4) is 0 Å². The summed E-state index contributed by atoms with van der Waals surface area (Å²) >= 11 is 0. The molecule has 0 spiro atoms. The Balaban J connectivity index is 0.00000686. The van der Waals surface area contributed by atoms with E-state index in [1.807, 2.05) is 79.3 Å². The Morgan fingerprint density at radius 2 is 0.548 bits per heavy atom. The summed E-state index contributed by atoms with van der Waals surface area (Å²) in [6.07, 6.45) is 5.98. The van der Waals surface area contributed by atoms with Gasteiger partial charge in [0.25, 0.3) is 0 Å². The first-order valence-electron chi connectivity index (χ1n) is 30.8. The first kappa shape index (κ1) is 56.6. The average Bonchev–Trinajstić information content (AvgIpc) is 1.67. The molecule has 12 aromatic carbocycles. The SMILES string of the molecule is [Ir+3].[c-]1ccc(-c2ccccc2)cc1-c1ccc(-c2ccccc2-c2cc(-c3ccccc3-c3ccc(-c4[c-]ccc(-c5cccc6oc7ccccc7c56)c4)nc3)cc(-c3ccccc3-c3ccc(-c4[c-]ccc(-c5cccc6oc7ccccc7c56)c4)nc3)c2)cn1. The molecule has 0 amide bonds. The van der Waals surface area contributed by atoms with Gasteiger partial charge in [-0.05, 0) is 143 Å². The van der Waals surface area contributed by atoms with Crippen molar-refractivity contribution in [3.8, 4) is 134 Å². The molecule has 0 saturated carbocycles. The summed E-state index contributed by atoms with van der Waals surface area (Å²) in [6, 6.07) is 114. The molecule has 0 aliphatic carbocycles. The molecule has 5 aromatic heterocycles. The van der Waals surface area contributed by atoms with Crippen LogP contribution in [0.1, 0.15) is 0 Å². The van der Waals surface area contributed by atoms with Crippen LogP contribution >= 0.6 is 0 Å². The van der Waals surface area contributed by atoms with Crippen LogP contribution in [0.5, 0.6) is 0 Å². The molecule has 17 aromatic rings.